The molecule has 1 aliphatic rings. The molecule has 132 valence electrons. The molecule has 25 heavy (non-hydrogen) atoms. The summed E-state index contributed by atoms with van der Waals surface area (Å²) in [6, 6.07) is 5.79. The Balaban J connectivity index is 1.73. The first-order chi connectivity index (χ1) is 12.1. The molecule has 7 nitrogen and oxygen atoms in total. The number of nitrogens with one attached hydrogen (secondary N) is 1. The minimum Gasteiger partial charge on any atom is -0.486 e. The average Bonchev–Trinajstić information content (AvgIpc) is 2.61. The summed E-state index contributed by atoms with van der Waals surface area (Å²) in [6.45, 7) is 6.96. The number of carbonyl (C=O) groups is 1. The molecule has 0 bridgehead atoms. The third kappa shape index (κ3) is 3.81. The van der Waals surface area contributed by atoms with E-state index in [2.05, 4.69) is 15.3 Å². The lowest BCUT2D eigenvalue weighted by molar-refractivity contribution is 0.0524. The van der Waals surface area contributed by atoms with E-state index >= 15 is 0 Å². The fourth-order valence-electron chi connectivity index (χ4n) is 2.55. The Hall–Kier alpha value is -2.83. The number of esters is 1. The molecule has 1 unspecified atom stereocenters. The maximum absolute atomic E-state index is 11.8. The normalized spacial score (nSPS) is 13.9. The van der Waals surface area contributed by atoms with Gasteiger partial charge in [0.1, 0.15) is 13.2 Å². The second-order valence-electron chi connectivity index (χ2n) is 5.68. The molecular weight excluding hydrogens is 322 g/mol. The van der Waals surface area contributed by atoms with E-state index in [9.17, 15) is 4.79 Å². The van der Waals surface area contributed by atoms with E-state index in [1.54, 1.807) is 13.8 Å². The van der Waals surface area contributed by atoms with E-state index < -0.39 is 5.97 Å². The number of hydrogen-bond acceptors (Lipinski definition) is 7. The number of carbonyl (C=O) groups excluding carboxylic acids is 1. The fourth-order valence-corrected chi connectivity index (χ4v) is 2.55. The first kappa shape index (κ1) is 17.0. The van der Waals surface area contributed by atoms with Gasteiger partial charge in [-0.1, -0.05) is 6.07 Å². The molecule has 0 saturated heterocycles. The Morgan fingerprint density at radius 3 is 2.80 bits per heavy atom. The molecule has 7 heteroatoms. The van der Waals surface area contributed by atoms with E-state index in [0.717, 1.165) is 17.1 Å². The second kappa shape index (κ2) is 7.38. The molecule has 0 saturated carbocycles. The lowest BCUT2D eigenvalue weighted by atomic mass is 10.1. The van der Waals surface area contributed by atoms with Crippen molar-refractivity contribution in [3.63, 3.8) is 0 Å². The van der Waals surface area contributed by atoms with Crippen molar-refractivity contribution in [1.82, 2.24) is 9.97 Å². The van der Waals surface area contributed by atoms with Crippen LogP contribution in [-0.4, -0.2) is 35.8 Å². The molecule has 1 aromatic heterocycles. The highest BCUT2D eigenvalue weighted by atomic mass is 16.6. The Morgan fingerprint density at radius 1 is 1.32 bits per heavy atom. The SMILES string of the molecule is CCOC(=O)c1cnc(NC(C)c2ccc3c(c2)OCCO3)nc1C. The summed E-state index contributed by atoms with van der Waals surface area (Å²) in [6.07, 6.45) is 1.49. The topological polar surface area (TPSA) is 82.6 Å². The number of hydrogen-bond donors (Lipinski definition) is 1. The van der Waals surface area contributed by atoms with Crippen molar-refractivity contribution in [1.29, 1.82) is 0 Å². The van der Waals surface area contributed by atoms with Crippen molar-refractivity contribution in [2.45, 2.75) is 26.8 Å². The van der Waals surface area contributed by atoms with Gasteiger partial charge in [0.15, 0.2) is 11.5 Å². The van der Waals surface area contributed by atoms with Gasteiger partial charge >= 0.3 is 5.97 Å². The van der Waals surface area contributed by atoms with Crippen LogP contribution in [0.2, 0.25) is 0 Å². The third-order valence-electron chi connectivity index (χ3n) is 3.89. The lowest BCUT2D eigenvalue weighted by Crippen LogP contribution is -2.16. The molecule has 0 aliphatic carbocycles. The predicted molar refractivity (Wildman–Crippen MR) is 92.2 cm³/mol. The molecule has 0 amide bonds. The van der Waals surface area contributed by atoms with Crippen LogP contribution in [0, 0.1) is 6.92 Å². The highest BCUT2D eigenvalue weighted by molar-refractivity contribution is 5.90. The van der Waals surface area contributed by atoms with Crippen LogP contribution in [-0.2, 0) is 4.74 Å². The van der Waals surface area contributed by atoms with Crippen LogP contribution in [0.1, 0.15) is 41.5 Å². The van der Waals surface area contributed by atoms with Crippen LogP contribution in [0.4, 0.5) is 5.95 Å². The largest absolute Gasteiger partial charge is 0.486 e. The molecule has 1 aliphatic heterocycles. The van der Waals surface area contributed by atoms with Crippen molar-refractivity contribution in [2.75, 3.05) is 25.1 Å². The summed E-state index contributed by atoms with van der Waals surface area (Å²) in [5.41, 5.74) is 1.98. The zero-order valence-electron chi connectivity index (χ0n) is 14.5. The number of fused-ring (bicyclic) bond motifs is 1. The Labute approximate surface area is 146 Å². The first-order valence-electron chi connectivity index (χ1n) is 8.25. The van der Waals surface area contributed by atoms with Crippen LogP contribution in [0.3, 0.4) is 0 Å². The minimum absolute atomic E-state index is 0.0383. The summed E-state index contributed by atoms with van der Waals surface area (Å²) in [5.74, 6) is 1.54. The van der Waals surface area contributed by atoms with E-state index in [0.29, 0.717) is 37.0 Å². The van der Waals surface area contributed by atoms with E-state index in [1.807, 2.05) is 25.1 Å². The molecular formula is C18H21N3O4. The highest BCUT2D eigenvalue weighted by Crippen LogP contribution is 2.33. The van der Waals surface area contributed by atoms with Gasteiger partial charge in [0, 0.05) is 6.20 Å². The lowest BCUT2D eigenvalue weighted by Gasteiger charge is -2.21. The van der Waals surface area contributed by atoms with Crippen LogP contribution in [0.25, 0.3) is 0 Å². The van der Waals surface area contributed by atoms with Gasteiger partial charge in [-0.15, -0.1) is 0 Å². The molecule has 2 heterocycles. The van der Waals surface area contributed by atoms with Crippen molar-refractivity contribution >= 4 is 11.9 Å². The van der Waals surface area contributed by atoms with Gasteiger partial charge in [0.25, 0.3) is 0 Å². The number of anilines is 1. The van der Waals surface area contributed by atoms with Crippen LogP contribution in [0.15, 0.2) is 24.4 Å². The monoisotopic (exact) mass is 343 g/mol. The summed E-state index contributed by atoms with van der Waals surface area (Å²) >= 11 is 0. The third-order valence-corrected chi connectivity index (χ3v) is 3.89. The maximum Gasteiger partial charge on any atom is 0.341 e. The van der Waals surface area contributed by atoms with Gasteiger partial charge in [-0.2, -0.15) is 0 Å². The van der Waals surface area contributed by atoms with Gasteiger partial charge < -0.3 is 19.5 Å². The second-order valence-corrected chi connectivity index (χ2v) is 5.68. The molecule has 2 aromatic rings. The number of ether oxygens (including phenoxy) is 3. The molecule has 0 spiro atoms. The summed E-state index contributed by atoms with van der Waals surface area (Å²) in [4.78, 5) is 20.4. The van der Waals surface area contributed by atoms with Crippen LogP contribution < -0.4 is 14.8 Å². The molecule has 1 aromatic carbocycles. The predicted octanol–water partition coefficient (Wildman–Crippen LogP) is 2.91. The number of nitrogens with zero attached hydrogens (tertiary/aromatic N) is 2. The minimum atomic E-state index is -0.411. The van der Waals surface area contributed by atoms with Gasteiger partial charge in [0.2, 0.25) is 5.95 Å². The van der Waals surface area contributed by atoms with E-state index in [4.69, 9.17) is 14.2 Å². The summed E-state index contributed by atoms with van der Waals surface area (Å²) < 4.78 is 16.1. The van der Waals surface area contributed by atoms with Crippen molar-refractivity contribution < 1.29 is 19.0 Å². The van der Waals surface area contributed by atoms with Crippen LogP contribution >= 0.6 is 0 Å². The van der Waals surface area contributed by atoms with Crippen molar-refractivity contribution in [3.8, 4) is 11.5 Å². The summed E-state index contributed by atoms with van der Waals surface area (Å²) in [5, 5.41) is 3.23. The van der Waals surface area contributed by atoms with Gasteiger partial charge in [0.05, 0.1) is 23.9 Å². The van der Waals surface area contributed by atoms with Gasteiger partial charge in [-0.05, 0) is 38.5 Å². The smallest absolute Gasteiger partial charge is 0.341 e. The zero-order valence-corrected chi connectivity index (χ0v) is 14.5. The Morgan fingerprint density at radius 2 is 2.08 bits per heavy atom. The Kier molecular flexibility index (Phi) is 5.02. The molecule has 3 rings (SSSR count). The quantitative estimate of drug-likeness (QED) is 0.836. The highest BCUT2D eigenvalue weighted by Gasteiger charge is 2.16. The first-order valence-corrected chi connectivity index (χ1v) is 8.25. The molecule has 1 atom stereocenters. The van der Waals surface area contributed by atoms with Crippen LogP contribution in [0.5, 0.6) is 11.5 Å². The fraction of sp³-hybridized carbons (Fsp3) is 0.389. The Bertz CT molecular complexity index is 779. The van der Waals surface area contributed by atoms with E-state index in [1.165, 1.54) is 6.20 Å². The number of rotatable bonds is 5. The molecule has 0 radical (unpaired) electrons. The standard InChI is InChI=1S/C18H21N3O4/c1-4-23-17(22)14-10-19-18(21-12(14)3)20-11(2)13-5-6-15-16(9-13)25-8-7-24-15/h5-6,9-11H,4,7-8H2,1-3H3,(H,19,20,21). The molecule has 0 fully saturated rings. The van der Waals surface area contributed by atoms with Crippen molar-refractivity contribution in [2.24, 2.45) is 0 Å². The van der Waals surface area contributed by atoms with Gasteiger partial charge in [-0.3, -0.25) is 0 Å². The van der Waals surface area contributed by atoms with Crippen molar-refractivity contribution in [3.05, 3.63) is 41.2 Å². The number of benzene rings is 1. The number of aryl methyl sites for hydroxylation is 1. The van der Waals surface area contributed by atoms with Gasteiger partial charge in [-0.25, -0.2) is 14.8 Å². The maximum atomic E-state index is 11.8. The zero-order chi connectivity index (χ0) is 17.8. The summed E-state index contributed by atoms with van der Waals surface area (Å²) in [7, 11) is 0. The number of aromatic nitrogens is 2. The molecule has 1 N–H and O–H groups in total. The average molecular weight is 343 g/mol. The van der Waals surface area contributed by atoms with E-state index in [-0.39, 0.29) is 6.04 Å².